The summed E-state index contributed by atoms with van der Waals surface area (Å²) in [6.45, 7) is 0. The number of halogens is 1. The van der Waals surface area contributed by atoms with E-state index in [9.17, 15) is 4.39 Å². The molecular formula is C12H16FNO. The molecule has 0 heterocycles. The molecule has 1 aliphatic carbocycles. The Bertz CT molecular complexity index is 329. The van der Waals surface area contributed by atoms with Crippen LogP contribution in [0.5, 0.6) is 5.75 Å². The van der Waals surface area contributed by atoms with Crippen molar-refractivity contribution >= 4 is 0 Å². The van der Waals surface area contributed by atoms with Gasteiger partial charge in [0.25, 0.3) is 0 Å². The van der Waals surface area contributed by atoms with Crippen LogP contribution in [0.15, 0.2) is 24.3 Å². The average molecular weight is 209 g/mol. The second-order valence-electron chi connectivity index (χ2n) is 3.97. The SMILES string of the molecule is CNC1CCC(Oc2ccccc2F)C1. The Morgan fingerprint density at radius 3 is 2.80 bits per heavy atom. The number of nitrogens with one attached hydrogen (secondary N) is 1. The van der Waals surface area contributed by atoms with Gasteiger partial charge in [-0.2, -0.15) is 0 Å². The highest BCUT2D eigenvalue weighted by atomic mass is 19.1. The number of para-hydroxylation sites is 1. The van der Waals surface area contributed by atoms with Gasteiger partial charge in [0, 0.05) is 6.04 Å². The Kier molecular flexibility index (Phi) is 3.21. The molecule has 2 nitrogen and oxygen atoms in total. The minimum Gasteiger partial charge on any atom is -0.487 e. The summed E-state index contributed by atoms with van der Waals surface area (Å²) in [7, 11) is 1.95. The van der Waals surface area contributed by atoms with E-state index in [0.717, 1.165) is 19.3 Å². The first-order valence-electron chi connectivity index (χ1n) is 5.38. The Morgan fingerprint density at radius 2 is 2.13 bits per heavy atom. The van der Waals surface area contributed by atoms with Gasteiger partial charge < -0.3 is 10.1 Å². The molecule has 0 spiro atoms. The van der Waals surface area contributed by atoms with Crippen molar-refractivity contribution in [3.63, 3.8) is 0 Å². The zero-order chi connectivity index (χ0) is 10.7. The molecule has 2 atom stereocenters. The fourth-order valence-corrected chi connectivity index (χ4v) is 2.03. The van der Waals surface area contributed by atoms with Crippen LogP contribution in [-0.2, 0) is 0 Å². The molecule has 2 unspecified atom stereocenters. The second kappa shape index (κ2) is 4.62. The zero-order valence-corrected chi connectivity index (χ0v) is 8.87. The number of hydrogen-bond donors (Lipinski definition) is 1. The zero-order valence-electron chi connectivity index (χ0n) is 8.87. The quantitative estimate of drug-likeness (QED) is 0.825. The molecule has 0 bridgehead atoms. The number of rotatable bonds is 3. The maximum atomic E-state index is 13.3. The number of ether oxygens (including phenoxy) is 1. The third-order valence-corrected chi connectivity index (χ3v) is 2.92. The van der Waals surface area contributed by atoms with E-state index < -0.39 is 0 Å². The van der Waals surface area contributed by atoms with Crippen molar-refractivity contribution in [1.82, 2.24) is 5.32 Å². The fraction of sp³-hybridized carbons (Fsp3) is 0.500. The predicted octanol–water partition coefficient (Wildman–Crippen LogP) is 2.35. The van der Waals surface area contributed by atoms with E-state index in [2.05, 4.69) is 5.32 Å². The molecule has 1 N–H and O–H groups in total. The van der Waals surface area contributed by atoms with Crippen molar-refractivity contribution in [1.29, 1.82) is 0 Å². The largest absolute Gasteiger partial charge is 0.487 e. The van der Waals surface area contributed by atoms with Gasteiger partial charge in [-0.05, 0) is 38.4 Å². The molecule has 1 aliphatic rings. The maximum Gasteiger partial charge on any atom is 0.165 e. The van der Waals surface area contributed by atoms with Crippen molar-refractivity contribution < 1.29 is 9.13 Å². The summed E-state index contributed by atoms with van der Waals surface area (Å²) in [5.41, 5.74) is 0. The van der Waals surface area contributed by atoms with Gasteiger partial charge in [-0.15, -0.1) is 0 Å². The fourth-order valence-electron chi connectivity index (χ4n) is 2.03. The molecule has 1 aromatic rings. The minimum absolute atomic E-state index is 0.152. The first kappa shape index (κ1) is 10.4. The van der Waals surface area contributed by atoms with Crippen molar-refractivity contribution in [2.45, 2.75) is 31.4 Å². The lowest BCUT2D eigenvalue weighted by Crippen LogP contribution is -2.23. The summed E-state index contributed by atoms with van der Waals surface area (Å²) in [5.74, 6) is 0.102. The van der Waals surface area contributed by atoms with Crippen LogP contribution in [0.4, 0.5) is 4.39 Å². The lowest BCUT2D eigenvalue weighted by atomic mass is 10.2. The van der Waals surface area contributed by atoms with E-state index >= 15 is 0 Å². The number of hydrogen-bond acceptors (Lipinski definition) is 2. The molecular weight excluding hydrogens is 193 g/mol. The highest BCUT2D eigenvalue weighted by Gasteiger charge is 2.25. The molecule has 0 aliphatic heterocycles. The summed E-state index contributed by atoms with van der Waals surface area (Å²) in [6, 6.07) is 7.10. The third kappa shape index (κ3) is 2.48. The first-order chi connectivity index (χ1) is 7.29. The topological polar surface area (TPSA) is 21.3 Å². The van der Waals surface area contributed by atoms with Gasteiger partial charge >= 0.3 is 0 Å². The Hall–Kier alpha value is -1.09. The van der Waals surface area contributed by atoms with Crippen LogP contribution < -0.4 is 10.1 Å². The highest BCUT2D eigenvalue weighted by Crippen LogP contribution is 2.25. The molecule has 0 saturated heterocycles. The molecule has 1 fully saturated rings. The molecule has 1 saturated carbocycles. The van der Waals surface area contributed by atoms with Crippen molar-refractivity contribution in [2.75, 3.05) is 7.05 Å². The predicted molar refractivity (Wildman–Crippen MR) is 57.5 cm³/mol. The van der Waals surface area contributed by atoms with E-state index in [4.69, 9.17) is 4.74 Å². The van der Waals surface area contributed by atoms with Crippen LogP contribution in [0, 0.1) is 5.82 Å². The first-order valence-corrected chi connectivity index (χ1v) is 5.38. The van der Waals surface area contributed by atoms with Gasteiger partial charge in [-0.25, -0.2) is 4.39 Å². The molecule has 0 amide bonds. The van der Waals surface area contributed by atoms with Crippen molar-refractivity contribution in [3.05, 3.63) is 30.1 Å². The molecule has 2 rings (SSSR count). The van der Waals surface area contributed by atoms with Gasteiger partial charge in [0.1, 0.15) is 6.10 Å². The smallest absolute Gasteiger partial charge is 0.165 e. The van der Waals surface area contributed by atoms with Crippen molar-refractivity contribution in [2.24, 2.45) is 0 Å². The Morgan fingerprint density at radius 1 is 1.33 bits per heavy atom. The van der Waals surface area contributed by atoms with Crippen LogP contribution in [-0.4, -0.2) is 19.2 Å². The summed E-state index contributed by atoms with van der Waals surface area (Å²) < 4.78 is 18.9. The van der Waals surface area contributed by atoms with Crippen LogP contribution in [0.2, 0.25) is 0 Å². The molecule has 0 aromatic heterocycles. The van der Waals surface area contributed by atoms with Gasteiger partial charge in [0.05, 0.1) is 0 Å². The minimum atomic E-state index is -0.273. The van der Waals surface area contributed by atoms with E-state index in [1.165, 1.54) is 6.07 Å². The monoisotopic (exact) mass is 209 g/mol. The van der Waals surface area contributed by atoms with Crippen LogP contribution >= 0.6 is 0 Å². The lowest BCUT2D eigenvalue weighted by Gasteiger charge is -2.14. The normalized spacial score (nSPS) is 25.5. The summed E-state index contributed by atoms with van der Waals surface area (Å²) in [5, 5.41) is 3.22. The Labute approximate surface area is 89.4 Å². The van der Waals surface area contributed by atoms with Gasteiger partial charge in [-0.1, -0.05) is 12.1 Å². The highest BCUT2D eigenvalue weighted by molar-refractivity contribution is 5.24. The standard InChI is InChI=1S/C12H16FNO/c1-14-9-6-7-10(8-9)15-12-5-3-2-4-11(12)13/h2-5,9-10,14H,6-8H2,1H3. The van der Waals surface area contributed by atoms with Crippen LogP contribution in [0.1, 0.15) is 19.3 Å². The lowest BCUT2D eigenvalue weighted by molar-refractivity contribution is 0.197. The summed E-state index contributed by atoms with van der Waals surface area (Å²) >= 11 is 0. The molecule has 1 aromatic carbocycles. The Balaban J connectivity index is 1.96. The number of benzene rings is 1. The van der Waals surface area contributed by atoms with Crippen LogP contribution in [0.25, 0.3) is 0 Å². The van der Waals surface area contributed by atoms with Crippen LogP contribution in [0.3, 0.4) is 0 Å². The van der Waals surface area contributed by atoms with E-state index in [1.807, 2.05) is 7.05 Å². The molecule has 0 radical (unpaired) electrons. The van der Waals surface area contributed by atoms with E-state index in [1.54, 1.807) is 18.2 Å². The van der Waals surface area contributed by atoms with E-state index in [0.29, 0.717) is 11.8 Å². The maximum absolute atomic E-state index is 13.3. The van der Waals surface area contributed by atoms with Gasteiger partial charge in [-0.3, -0.25) is 0 Å². The summed E-state index contributed by atoms with van der Waals surface area (Å²) in [6.07, 6.45) is 3.22. The molecule has 82 valence electrons. The van der Waals surface area contributed by atoms with Gasteiger partial charge in [0.15, 0.2) is 11.6 Å². The molecule has 15 heavy (non-hydrogen) atoms. The summed E-state index contributed by atoms with van der Waals surface area (Å²) in [4.78, 5) is 0. The third-order valence-electron chi connectivity index (χ3n) is 2.92. The van der Waals surface area contributed by atoms with E-state index in [-0.39, 0.29) is 11.9 Å². The molecule has 3 heteroatoms. The average Bonchev–Trinajstić information content (AvgIpc) is 2.69. The van der Waals surface area contributed by atoms with Crippen molar-refractivity contribution in [3.8, 4) is 5.75 Å². The second-order valence-corrected chi connectivity index (χ2v) is 3.97. The van der Waals surface area contributed by atoms with Gasteiger partial charge in [0.2, 0.25) is 0 Å².